The van der Waals surface area contributed by atoms with Crippen molar-refractivity contribution >= 4 is 43.1 Å². The number of cyclic esters (lactones) is 1. The van der Waals surface area contributed by atoms with Crippen molar-refractivity contribution in [1.29, 1.82) is 0 Å². The Morgan fingerprint density at radius 3 is 2.60 bits per heavy atom. The molecule has 0 spiro atoms. The molecule has 0 saturated carbocycles. The van der Waals surface area contributed by atoms with Gasteiger partial charge in [0, 0.05) is 13.5 Å². The molecule has 1 fully saturated rings. The fraction of sp³-hybridized carbons (Fsp3) is 0.500. The maximum atomic E-state index is 14.3. The number of aliphatic hydroxyl groups excluding tert-OH is 1. The maximum Gasteiger partial charge on any atom is 0.490 e. The zero-order chi connectivity index (χ0) is 26.2. The lowest BCUT2D eigenvalue weighted by molar-refractivity contribution is -0.147. The Morgan fingerprint density at radius 1 is 1.31 bits per heavy atom. The quantitative estimate of drug-likeness (QED) is 0.269. The van der Waals surface area contributed by atoms with Crippen LogP contribution in [0.4, 0.5) is 20.6 Å². The highest BCUT2D eigenvalue weighted by atomic mass is 31.2. The lowest BCUT2D eigenvalue weighted by Gasteiger charge is -2.26. The molecule has 15 heteroatoms. The molecule has 2 amide bonds. The van der Waals surface area contributed by atoms with Gasteiger partial charge in [0.15, 0.2) is 0 Å². The summed E-state index contributed by atoms with van der Waals surface area (Å²) in [5.41, 5.74) is 0.247. The number of esters is 1. The summed E-state index contributed by atoms with van der Waals surface area (Å²) in [7, 11) is -5.00. The average Bonchev–Trinajstić information content (AvgIpc) is 3.15. The Morgan fingerprint density at radius 2 is 2.00 bits per heavy atom. The van der Waals surface area contributed by atoms with E-state index in [1.165, 1.54) is 12.1 Å². The second-order valence-corrected chi connectivity index (χ2v) is 8.94. The van der Waals surface area contributed by atoms with E-state index in [-0.39, 0.29) is 44.1 Å². The van der Waals surface area contributed by atoms with E-state index < -0.39 is 56.6 Å². The Bertz CT molecular complexity index is 1010. The maximum absolute atomic E-state index is 14.3. The normalized spacial score (nSPS) is 16.8. The van der Waals surface area contributed by atoms with Crippen LogP contribution in [-0.4, -0.2) is 77.6 Å². The van der Waals surface area contributed by atoms with Crippen LogP contribution in [0.3, 0.4) is 0 Å². The van der Waals surface area contributed by atoms with Crippen LogP contribution in [0.1, 0.15) is 26.7 Å². The Balaban J connectivity index is 2.04. The lowest BCUT2D eigenvalue weighted by atomic mass is 10.2. The number of hydrogen-bond acceptors (Lipinski definition) is 10. The minimum absolute atomic E-state index is 0.0962. The van der Waals surface area contributed by atoms with E-state index >= 15 is 0 Å². The Kier molecular flexibility index (Phi) is 9.99. The number of halogens is 1. The zero-order valence-corrected chi connectivity index (χ0v) is 20.0. The van der Waals surface area contributed by atoms with Crippen molar-refractivity contribution < 1.29 is 52.1 Å². The first kappa shape index (κ1) is 28.0. The predicted molar refractivity (Wildman–Crippen MR) is 119 cm³/mol. The van der Waals surface area contributed by atoms with Gasteiger partial charge in [-0.15, -0.1) is 0 Å². The third-order valence-electron chi connectivity index (χ3n) is 4.67. The largest absolute Gasteiger partial charge is 0.490 e. The summed E-state index contributed by atoms with van der Waals surface area (Å²) in [5, 5.41) is 11.5. The molecule has 0 aromatic heterocycles. The Hall–Kier alpha value is -3.22. The molecule has 1 aromatic rings. The van der Waals surface area contributed by atoms with Crippen LogP contribution < -0.4 is 10.2 Å². The third kappa shape index (κ3) is 7.91. The molecule has 2 atom stereocenters. The molecule has 1 aliphatic rings. The molecule has 1 saturated heterocycles. The minimum atomic E-state index is -5.00. The van der Waals surface area contributed by atoms with Gasteiger partial charge >= 0.3 is 25.8 Å². The molecule has 1 aromatic carbocycles. The van der Waals surface area contributed by atoms with Gasteiger partial charge in [-0.3, -0.25) is 24.2 Å². The van der Waals surface area contributed by atoms with Crippen molar-refractivity contribution in [3.05, 3.63) is 24.0 Å². The van der Waals surface area contributed by atoms with Crippen LogP contribution in [0.2, 0.25) is 0 Å². The monoisotopic (exact) mass is 519 g/mol. The van der Waals surface area contributed by atoms with Crippen LogP contribution in [0.25, 0.3) is 0 Å². The van der Waals surface area contributed by atoms with E-state index in [2.05, 4.69) is 14.6 Å². The summed E-state index contributed by atoms with van der Waals surface area (Å²) < 4.78 is 41.6. The fourth-order valence-electron chi connectivity index (χ4n) is 3.10. The molecular formula is C20H27FN3O10P. The van der Waals surface area contributed by atoms with E-state index in [9.17, 15) is 33.0 Å². The van der Waals surface area contributed by atoms with E-state index in [1.807, 2.05) is 0 Å². The molecule has 1 heterocycles. The van der Waals surface area contributed by atoms with E-state index in [0.717, 1.165) is 17.9 Å². The molecule has 0 bridgehead atoms. The summed E-state index contributed by atoms with van der Waals surface area (Å²) in [6, 6.07) is 3.85. The first-order valence-corrected chi connectivity index (χ1v) is 12.1. The fourth-order valence-corrected chi connectivity index (χ4v) is 4.30. The van der Waals surface area contributed by atoms with Gasteiger partial charge in [-0.05, 0) is 25.1 Å². The number of rotatable bonds is 12. The number of nitrogens with one attached hydrogen (secondary N) is 1. The molecule has 35 heavy (non-hydrogen) atoms. The van der Waals surface area contributed by atoms with Gasteiger partial charge in [0.05, 0.1) is 50.5 Å². The average molecular weight is 519 g/mol. The molecule has 0 radical (unpaired) electrons. The molecule has 13 nitrogen and oxygen atoms in total. The second kappa shape index (κ2) is 12.5. The number of ether oxygens (including phenoxy) is 2. The SMILES string of the molecule is CCOC(=O)CCC(=O)OP(=O)(O)N(CC1CN(c2ccc(NCCO)c(F)c2)C(=O)O1)C(C)=O. The summed E-state index contributed by atoms with van der Waals surface area (Å²) in [5.74, 6) is -3.53. The van der Waals surface area contributed by atoms with Crippen molar-refractivity contribution in [2.75, 3.05) is 43.1 Å². The standard InChI is InChI=1S/C20H27FN3O10P/c1-3-32-18(27)6-7-19(28)34-35(30,31)24(13(2)26)12-15-11-23(20(29)33-15)14-4-5-17(16(21)10-14)22-8-9-25/h4-5,10,15,22,25H,3,6-9,11-12H2,1-2H3,(H,30,31). The van der Waals surface area contributed by atoms with Crippen LogP contribution in [-0.2, 0) is 32.9 Å². The van der Waals surface area contributed by atoms with Crippen LogP contribution in [0.5, 0.6) is 0 Å². The summed E-state index contributed by atoms with van der Waals surface area (Å²) in [6.07, 6.45) is -2.91. The van der Waals surface area contributed by atoms with Gasteiger partial charge in [-0.1, -0.05) is 0 Å². The van der Waals surface area contributed by atoms with Crippen molar-refractivity contribution in [2.45, 2.75) is 32.8 Å². The number of carbonyl (C=O) groups excluding carboxylic acids is 4. The smallest absolute Gasteiger partial charge is 0.466 e. The third-order valence-corrected chi connectivity index (χ3v) is 6.17. The zero-order valence-electron chi connectivity index (χ0n) is 19.1. The van der Waals surface area contributed by atoms with Gasteiger partial charge in [-0.2, -0.15) is 0 Å². The first-order valence-electron chi connectivity index (χ1n) is 10.6. The van der Waals surface area contributed by atoms with Gasteiger partial charge in [-0.25, -0.2) is 18.4 Å². The van der Waals surface area contributed by atoms with E-state index in [4.69, 9.17) is 9.84 Å². The van der Waals surface area contributed by atoms with Crippen molar-refractivity contribution in [2.24, 2.45) is 0 Å². The van der Waals surface area contributed by atoms with Crippen LogP contribution in [0.15, 0.2) is 18.2 Å². The number of benzene rings is 1. The van der Waals surface area contributed by atoms with Crippen molar-refractivity contribution in [1.82, 2.24) is 4.67 Å². The molecule has 194 valence electrons. The van der Waals surface area contributed by atoms with Gasteiger partial charge in [0.2, 0.25) is 5.91 Å². The molecule has 3 N–H and O–H groups in total. The number of nitrogens with zero attached hydrogens (tertiary/aromatic N) is 2. The topological polar surface area (TPSA) is 172 Å². The van der Waals surface area contributed by atoms with E-state index in [1.54, 1.807) is 6.92 Å². The predicted octanol–water partition coefficient (Wildman–Crippen LogP) is 1.39. The molecule has 0 aliphatic carbocycles. The molecular weight excluding hydrogens is 492 g/mol. The summed E-state index contributed by atoms with van der Waals surface area (Å²) in [4.78, 5) is 58.8. The number of carbonyl (C=O) groups is 4. The first-order chi connectivity index (χ1) is 16.5. The van der Waals surface area contributed by atoms with Crippen molar-refractivity contribution in [3.8, 4) is 0 Å². The summed E-state index contributed by atoms with van der Waals surface area (Å²) in [6.45, 7) is 1.76. The minimum Gasteiger partial charge on any atom is -0.466 e. The number of amides is 2. The van der Waals surface area contributed by atoms with Crippen molar-refractivity contribution in [3.63, 3.8) is 0 Å². The summed E-state index contributed by atoms with van der Waals surface area (Å²) >= 11 is 0. The van der Waals surface area contributed by atoms with E-state index in [0.29, 0.717) is 4.67 Å². The van der Waals surface area contributed by atoms with Crippen LogP contribution >= 0.6 is 7.75 Å². The molecule has 2 rings (SSSR count). The van der Waals surface area contributed by atoms with Gasteiger partial charge in [0.25, 0.3) is 0 Å². The van der Waals surface area contributed by atoms with Gasteiger partial charge < -0.3 is 24.4 Å². The molecule has 2 unspecified atom stereocenters. The number of anilines is 2. The molecule has 1 aliphatic heterocycles. The van der Waals surface area contributed by atoms with Crippen LogP contribution in [0, 0.1) is 5.82 Å². The second-order valence-electron chi connectivity index (χ2n) is 7.29. The van der Waals surface area contributed by atoms with Gasteiger partial charge in [0.1, 0.15) is 11.9 Å². The highest BCUT2D eigenvalue weighted by Gasteiger charge is 2.41. The Labute approximate surface area is 200 Å². The highest BCUT2D eigenvalue weighted by Crippen LogP contribution is 2.47. The number of aliphatic hydroxyl groups is 1. The lowest BCUT2D eigenvalue weighted by Crippen LogP contribution is -2.36. The number of hydrogen-bond donors (Lipinski definition) is 3. The highest BCUT2D eigenvalue weighted by molar-refractivity contribution is 7.51.